The fraction of sp³-hybridized carbons (Fsp3) is 0.400. The third-order valence-electron chi connectivity index (χ3n) is 2.11. The van der Waals surface area contributed by atoms with Crippen LogP contribution in [-0.4, -0.2) is 40.5 Å². The van der Waals surface area contributed by atoms with Gasteiger partial charge in [-0.25, -0.2) is 0 Å². The van der Waals surface area contributed by atoms with E-state index in [1.165, 1.54) is 4.90 Å². The maximum absolute atomic E-state index is 11.8. The van der Waals surface area contributed by atoms with Gasteiger partial charge in [-0.05, 0) is 28.4 Å². The Morgan fingerprint density at radius 2 is 2.25 bits per heavy atom. The molecule has 1 heterocycles. The molecule has 0 saturated heterocycles. The number of halogens is 1. The maximum Gasteiger partial charge on any atom is 0.303 e. The summed E-state index contributed by atoms with van der Waals surface area (Å²) in [6, 6.07) is 1.69. The number of carboxylic acids is 1. The predicted octanol–water partition coefficient (Wildman–Crippen LogP) is 1.71. The van der Waals surface area contributed by atoms with Gasteiger partial charge >= 0.3 is 5.97 Å². The van der Waals surface area contributed by atoms with Gasteiger partial charge in [0.15, 0.2) is 0 Å². The topological polar surface area (TPSA) is 73.4 Å². The molecule has 0 atom stereocenters. The molecular formula is C10H13BrN2O3. The summed E-state index contributed by atoms with van der Waals surface area (Å²) >= 11 is 3.24. The molecule has 0 aliphatic carbocycles. The molecule has 0 spiro atoms. The molecule has 0 radical (unpaired) electrons. The number of nitrogens with zero attached hydrogens (tertiary/aromatic N) is 1. The lowest BCUT2D eigenvalue weighted by Gasteiger charge is -2.15. The number of hydrogen-bond donors (Lipinski definition) is 2. The monoisotopic (exact) mass is 288 g/mol. The van der Waals surface area contributed by atoms with Crippen molar-refractivity contribution in [1.29, 1.82) is 0 Å². The van der Waals surface area contributed by atoms with Crippen molar-refractivity contribution in [3.63, 3.8) is 0 Å². The predicted molar refractivity (Wildman–Crippen MR) is 62.3 cm³/mol. The minimum Gasteiger partial charge on any atom is -0.481 e. The lowest BCUT2D eigenvalue weighted by Crippen LogP contribution is -2.28. The first kappa shape index (κ1) is 12.8. The zero-order valence-corrected chi connectivity index (χ0v) is 10.5. The second kappa shape index (κ2) is 5.69. The van der Waals surface area contributed by atoms with Crippen molar-refractivity contribution in [2.24, 2.45) is 0 Å². The third kappa shape index (κ3) is 3.69. The van der Waals surface area contributed by atoms with Crippen LogP contribution < -0.4 is 0 Å². The minimum atomic E-state index is -0.844. The Bertz CT molecular complexity index is 389. The molecule has 0 aromatic carbocycles. The average Bonchev–Trinajstić information content (AvgIpc) is 2.63. The number of rotatable bonds is 5. The Morgan fingerprint density at radius 1 is 1.56 bits per heavy atom. The molecule has 0 bridgehead atoms. The SMILES string of the molecule is CN(CCCC(=O)O)C(=O)c1cc(Br)c[nH]1. The molecule has 0 fully saturated rings. The van der Waals surface area contributed by atoms with Crippen LogP contribution in [-0.2, 0) is 4.79 Å². The number of aliphatic carboxylic acids is 1. The van der Waals surface area contributed by atoms with E-state index in [9.17, 15) is 9.59 Å². The highest BCUT2D eigenvalue weighted by Gasteiger charge is 2.13. The summed E-state index contributed by atoms with van der Waals surface area (Å²) in [5.74, 6) is -0.987. The van der Waals surface area contributed by atoms with Gasteiger partial charge in [-0.15, -0.1) is 0 Å². The molecule has 0 saturated carbocycles. The van der Waals surface area contributed by atoms with Gasteiger partial charge in [0.05, 0.1) is 0 Å². The second-order valence-electron chi connectivity index (χ2n) is 3.46. The van der Waals surface area contributed by atoms with Gasteiger partial charge in [-0.1, -0.05) is 0 Å². The number of amides is 1. The first-order valence-corrected chi connectivity index (χ1v) is 5.61. The Labute approximate surface area is 102 Å². The van der Waals surface area contributed by atoms with E-state index in [4.69, 9.17) is 5.11 Å². The van der Waals surface area contributed by atoms with Crippen molar-refractivity contribution >= 4 is 27.8 Å². The number of H-pyrrole nitrogens is 1. The fourth-order valence-corrected chi connectivity index (χ4v) is 1.61. The van der Waals surface area contributed by atoms with Gasteiger partial charge < -0.3 is 15.0 Å². The molecule has 5 nitrogen and oxygen atoms in total. The van der Waals surface area contributed by atoms with Crippen molar-refractivity contribution in [3.8, 4) is 0 Å². The van der Waals surface area contributed by atoms with Crippen LogP contribution >= 0.6 is 15.9 Å². The molecule has 0 aliphatic heterocycles. The highest BCUT2D eigenvalue weighted by Crippen LogP contribution is 2.12. The normalized spacial score (nSPS) is 10.1. The molecule has 1 amide bonds. The highest BCUT2D eigenvalue weighted by atomic mass is 79.9. The van der Waals surface area contributed by atoms with Gasteiger partial charge in [0.25, 0.3) is 5.91 Å². The Balaban J connectivity index is 2.45. The van der Waals surface area contributed by atoms with Gasteiger partial charge in [-0.2, -0.15) is 0 Å². The maximum atomic E-state index is 11.8. The first-order valence-electron chi connectivity index (χ1n) is 4.82. The molecule has 1 aromatic heterocycles. The minimum absolute atomic E-state index is 0.0754. The number of aromatic nitrogens is 1. The van der Waals surface area contributed by atoms with E-state index < -0.39 is 5.97 Å². The van der Waals surface area contributed by atoms with Gasteiger partial charge in [0, 0.05) is 30.7 Å². The molecule has 2 N–H and O–H groups in total. The number of carboxylic acid groups (broad SMARTS) is 1. The van der Waals surface area contributed by atoms with Crippen molar-refractivity contribution in [3.05, 3.63) is 22.4 Å². The van der Waals surface area contributed by atoms with Crippen LogP contribution in [0, 0.1) is 0 Å². The quantitative estimate of drug-likeness (QED) is 0.866. The van der Waals surface area contributed by atoms with Crippen molar-refractivity contribution in [2.45, 2.75) is 12.8 Å². The fourth-order valence-electron chi connectivity index (χ4n) is 1.27. The Kier molecular flexibility index (Phi) is 4.54. The number of nitrogens with one attached hydrogen (secondary N) is 1. The van der Waals surface area contributed by atoms with Gasteiger partial charge in [0.1, 0.15) is 5.69 Å². The zero-order chi connectivity index (χ0) is 12.1. The molecule has 6 heteroatoms. The smallest absolute Gasteiger partial charge is 0.303 e. The van der Waals surface area contributed by atoms with E-state index in [0.717, 1.165) is 4.47 Å². The van der Waals surface area contributed by atoms with Crippen LogP contribution in [0.3, 0.4) is 0 Å². The van der Waals surface area contributed by atoms with E-state index in [0.29, 0.717) is 18.7 Å². The van der Waals surface area contributed by atoms with Crippen molar-refractivity contribution in [1.82, 2.24) is 9.88 Å². The van der Waals surface area contributed by atoms with Crippen LogP contribution in [0.5, 0.6) is 0 Å². The van der Waals surface area contributed by atoms with Crippen LogP contribution in [0.15, 0.2) is 16.7 Å². The summed E-state index contributed by atoms with van der Waals surface area (Å²) in [6.07, 6.45) is 2.21. The molecule has 0 unspecified atom stereocenters. The molecule has 88 valence electrons. The van der Waals surface area contributed by atoms with Crippen molar-refractivity contribution in [2.75, 3.05) is 13.6 Å². The summed E-state index contributed by atoms with van der Waals surface area (Å²) < 4.78 is 0.815. The van der Waals surface area contributed by atoms with Gasteiger partial charge in [0.2, 0.25) is 0 Å². The molecule has 1 aromatic rings. The van der Waals surface area contributed by atoms with Crippen LogP contribution in [0.25, 0.3) is 0 Å². The summed E-state index contributed by atoms with van der Waals surface area (Å²) in [6.45, 7) is 0.432. The van der Waals surface area contributed by atoms with Crippen LogP contribution in [0.2, 0.25) is 0 Å². The number of carbonyl (C=O) groups excluding carboxylic acids is 1. The third-order valence-corrected chi connectivity index (χ3v) is 2.57. The van der Waals surface area contributed by atoms with E-state index in [1.807, 2.05) is 0 Å². The van der Waals surface area contributed by atoms with E-state index in [1.54, 1.807) is 19.3 Å². The summed E-state index contributed by atoms with van der Waals surface area (Å²) in [5, 5.41) is 8.47. The standard InChI is InChI=1S/C10H13BrN2O3/c1-13(4-2-3-9(14)15)10(16)8-5-7(11)6-12-8/h5-6,12H,2-4H2,1H3,(H,14,15). The number of hydrogen-bond acceptors (Lipinski definition) is 2. The summed E-state index contributed by atoms with van der Waals surface area (Å²) in [4.78, 5) is 26.4. The van der Waals surface area contributed by atoms with Crippen LogP contribution in [0.1, 0.15) is 23.3 Å². The van der Waals surface area contributed by atoms with Crippen LogP contribution in [0.4, 0.5) is 0 Å². The highest BCUT2D eigenvalue weighted by molar-refractivity contribution is 9.10. The van der Waals surface area contributed by atoms with Gasteiger partial charge in [-0.3, -0.25) is 9.59 Å². The Hall–Kier alpha value is -1.30. The van der Waals surface area contributed by atoms with E-state index in [-0.39, 0.29) is 12.3 Å². The lowest BCUT2D eigenvalue weighted by molar-refractivity contribution is -0.137. The molecule has 1 rings (SSSR count). The average molecular weight is 289 g/mol. The van der Waals surface area contributed by atoms with E-state index in [2.05, 4.69) is 20.9 Å². The largest absolute Gasteiger partial charge is 0.481 e. The zero-order valence-electron chi connectivity index (χ0n) is 8.86. The summed E-state index contributed by atoms with van der Waals surface area (Å²) in [5.41, 5.74) is 0.490. The molecule has 16 heavy (non-hydrogen) atoms. The lowest BCUT2D eigenvalue weighted by atomic mass is 10.3. The number of aromatic amines is 1. The number of carbonyl (C=O) groups is 2. The first-order chi connectivity index (χ1) is 7.50. The molecule has 0 aliphatic rings. The summed E-state index contributed by atoms with van der Waals surface area (Å²) in [7, 11) is 1.65. The van der Waals surface area contributed by atoms with Crippen molar-refractivity contribution < 1.29 is 14.7 Å². The Morgan fingerprint density at radius 3 is 2.75 bits per heavy atom. The molecular weight excluding hydrogens is 276 g/mol. The van der Waals surface area contributed by atoms with E-state index >= 15 is 0 Å². The second-order valence-corrected chi connectivity index (χ2v) is 4.37.